The summed E-state index contributed by atoms with van der Waals surface area (Å²) in [5.74, 6) is 1.56. The van der Waals surface area contributed by atoms with Crippen LogP contribution in [-0.4, -0.2) is 61.6 Å². The Morgan fingerprint density at radius 1 is 1.03 bits per heavy atom. The van der Waals surface area contributed by atoms with Gasteiger partial charge < -0.3 is 19.7 Å². The Morgan fingerprint density at radius 3 is 2.48 bits per heavy atom. The number of nitrogens with zero attached hydrogens (tertiary/aromatic N) is 3. The molecule has 1 saturated heterocycles. The average molecular weight is 447 g/mol. The highest BCUT2D eigenvalue weighted by Crippen LogP contribution is 2.29. The lowest BCUT2D eigenvalue weighted by Gasteiger charge is -2.39. The zero-order valence-electron chi connectivity index (χ0n) is 19.3. The van der Waals surface area contributed by atoms with Gasteiger partial charge in [-0.2, -0.15) is 0 Å². The van der Waals surface area contributed by atoms with Crippen molar-refractivity contribution in [1.29, 1.82) is 0 Å². The number of likely N-dealkylation sites (N-methyl/N-ethyl adjacent to an activating group) is 1. The van der Waals surface area contributed by atoms with Gasteiger partial charge in [0.05, 0.1) is 25.9 Å². The van der Waals surface area contributed by atoms with Crippen molar-refractivity contribution in [2.75, 3.05) is 46.2 Å². The maximum Gasteiger partial charge on any atom is 0.254 e. The van der Waals surface area contributed by atoms with E-state index in [-0.39, 0.29) is 11.9 Å². The normalized spacial score (nSPS) is 16.3. The van der Waals surface area contributed by atoms with Gasteiger partial charge in [0.15, 0.2) is 0 Å². The number of ether oxygens (including phenoxy) is 2. The second-order valence-corrected chi connectivity index (χ2v) is 8.14. The van der Waals surface area contributed by atoms with Gasteiger partial charge in [0.1, 0.15) is 11.5 Å². The molecule has 0 bridgehead atoms. The van der Waals surface area contributed by atoms with Gasteiger partial charge in [-0.05, 0) is 60.6 Å². The van der Waals surface area contributed by atoms with Gasteiger partial charge in [-0.25, -0.2) is 0 Å². The van der Waals surface area contributed by atoms with E-state index < -0.39 is 0 Å². The number of anilines is 1. The molecule has 0 unspecified atom stereocenters. The number of rotatable bonds is 7. The van der Waals surface area contributed by atoms with E-state index in [4.69, 9.17) is 9.47 Å². The van der Waals surface area contributed by atoms with Crippen LogP contribution in [0.1, 0.15) is 27.5 Å². The predicted molar refractivity (Wildman–Crippen MR) is 129 cm³/mol. The van der Waals surface area contributed by atoms with E-state index in [1.807, 2.05) is 47.4 Å². The first-order chi connectivity index (χ1) is 16.1. The lowest BCUT2D eigenvalue weighted by atomic mass is 10.0. The van der Waals surface area contributed by atoms with Crippen LogP contribution in [0, 0.1) is 0 Å². The highest BCUT2D eigenvalue weighted by atomic mass is 16.5. The molecule has 1 aliphatic rings. The summed E-state index contributed by atoms with van der Waals surface area (Å²) >= 11 is 0. The zero-order chi connectivity index (χ0) is 23.2. The highest BCUT2D eigenvalue weighted by Gasteiger charge is 2.29. The third-order valence-corrected chi connectivity index (χ3v) is 6.11. The molecule has 33 heavy (non-hydrogen) atoms. The fourth-order valence-corrected chi connectivity index (χ4v) is 4.10. The largest absolute Gasteiger partial charge is 0.497 e. The fraction of sp³-hybridized carbons (Fsp3) is 0.308. The Bertz CT molecular complexity index is 1070. The van der Waals surface area contributed by atoms with Gasteiger partial charge in [0, 0.05) is 44.1 Å². The summed E-state index contributed by atoms with van der Waals surface area (Å²) in [5, 5.41) is 3.39. The van der Waals surface area contributed by atoms with E-state index in [2.05, 4.69) is 34.4 Å². The molecule has 1 aromatic heterocycles. The summed E-state index contributed by atoms with van der Waals surface area (Å²) < 4.78 is 10.8. The molecule has 0 spiro atoms. The molecule has 172 valence electrons. The number of amides is 1. The van der Waals surface area contributed by atoms with E-state index in [0.717, 1.165) is 23.5 Å². The number of carbonyl (C=O) groups is 1. The molecule has 0 aliphatic carbocycles. The van der Waals surface area contributed by atoms with Crippen molar-refractivity contribution in [3.05, 3.63) is 83.7 Å². The molecule has 3 aromatic rings. The summed E-state index contributed by atoms with van der Waals surface area (Å²) in [5.41, 5.74) is 3.71. The summed E-state index contributed by atoms with van der Waals surface area (Å²) in [6.07, 6.45) is 3.53. The van der Waals surface area contributed by atoms with Crippen LogP contribution in [0.2, 0.25) is 0 Å². The Labute approximate surface area is 195 Å². The maximum atomic E-state index is 13.4. The topological polar surface area (TPSA) is 66.9 Å². The lowest BCUT2D eigenvalue weighted by molar-refractivity contribution is 0.0546. The van der Waals surface area contributed by atoms with Gasteiger partial charge in [-0.3, -0.25) is 14.7 Å². The number of methoxy groups -OCH3 is 2. The number of nitrogens with one attached hydrogen (secondary N) is 1. The van der Waals surface area contributed by atoms with E-state index >= 15 is 0 Å². The third kappa shape index (κ3) is 5.26. The number of piperazine rings is 1. The molecule has 0 saturated carbocycles. The lowest BCUT2D eigenvalue weighted by Crippen LogP contribution is -2.49. The summed E-state index contributed by atoms with van der Waals surface area (Å²) in [4.78, 5) is 21.7. The van der Waals surface area contributed by atoms with Crippen LogP contribution in [0.25, 0.3) is 0 Å². The Morgan fingerprint density at radius 2 is 1.79 bits per heavy atom. The van der Waals surface area contributed by atoms with Gasteiger partial charge in [-0.1, -0.05) is 12.1 Å². The third-order valence-electron chi connectivity index (χ3n) is 6.11. The van der Waals surface area contributed by atoms with Crippen LogP contribution in [-0.2, 0) is 6.54 Å². The monoisotopic (exact) mass is 446 g/mol. The van der Waals surface area contributed by atoms with Crippen molar-refractivity contribution in [3.63, 3.8) is 0 Å². The molecule has 2 heterocycles. The van der Waals surface area contributed by atoms with Crippen molar-refractivity contribution in [3.8, 4) is 11.5 Å². The molecule has 2 aromatic carbocycles. The number of pyridine rings is 1. The second kappa shape index (κ2) is 10.4. The van der Waals surface area contributed by atoms with Gasteiger partial charge in [0.25, 0.3) is 5.91 Å². The van der Waals surface area contributed by atoms with E-state index in [0.29, 0.717) is 30.9 Å². The van der Waals surface area contributed by atoms with Crippen molar-refractivity contribution < 1.29 is 14.3 Å². The first-order valence-electron chi connectivity index (χ1n) is 11.0. The summed E-state index contributed by atoms with van der Waals surface area (Å²) in [6, 6.07) is 17.7. The molecule has 1 atom stereocenters. The molecule has 1 fully saturated rings. The highest BCUT2D eigenvalue weighted by molar-refractivity contribution is 5.95. The van der Waals surface area contributed by atoms with Crippen LogP contribution in [0.5, 0.6) is 11.5 Å². The van der Waals surface area contributed by atoms with Crippen LogP contribution >= 0.6 is 0 Å². The second-order valence-electron chi connectivity index (χ2n) is 8.14. The summed E-state index contributed by atoms with van der Waals surface area (Å²) in [7, 11) is 5.40. The number of benzene rings is 2. The van der Waals surface area contributed by atoms with Crippen LogP contribution < -0.4 is 14.8 Å². The average Bonchev–Trinajstić information content (AvgIpc) is 2.88. The standard InChI is InChI=1S/C26H30N4O3/c1-29-14-15-30(18-24(29)20-4-7-22(32-2)8-5-20)26(31)21-6-9-25(33-3)23(16-21)28-17-19-10-12-27-13-11-19/h4-13,16,24,28H,14-15,17-18H2,1-3H3/t24-/m1/s1. The molecule has 1 amide bonds. The van der Waals surface area contributed by atoms with Crippen molar-refractivity contribution >= 4 is 11.6 Å². The number of carbonyl (C=O) groups excluding carboxylic acids is 1. The zero-order valence-corrected chi connectivity index (χ0v) is 19.3. The van der Waals surface area contributed by atoms with Crippen LogP contribution in [0.3, 0.4) is 0 Å². The molecule has 4 rings (SSSR count). The smallest absolute Gasteiger partial charge is 0.254 e. The number of hydrogen-bond donors (Lipinski definition) is 1. The maximum absolute atomic E-state index is 13.4. The van der Waals surface area contributed by atoms with E-state index in [1.165, 1.54) is 5.56 Å². The molecule has 1 N–H and O–H groups in total. The van der Waals surface area contributed by atoms with E-state index in [9.17, 15) is 4.79 Å². The molecule has 1 aliphatic heterocycles. The van der Waals surface area contributed by atoms with E-state index in [1.54, 1.807) is 26.6 Å². The minimum Gasteiger partial charge on any atom is -0.497 e. The molecule has 7 nitrogen and oxygen atoms in total. The van der Waals surface area contributed by atoms with Gasteiger partial charge >= 0.3 is 0 Å². The van der Waals surface area contributed by atoms with Crippen LogP contribution in [0.4, 0.5) is 5.69 Å². The molecular weight excluding hydrogens is 416 g/mol. The van der Waals surface area contributed by atoms with Crippen molar-refractivity contribution in [2.24, 2.45) is 0 Å². The molecule has 7 heteroatoms. The molecule has 0 radical (unpaired) electrons. The quantitative estimate of drug-likeness (QED) is 0.595. The molecular formula is C26H30N4O3. The van der Waals surface area contributed by atoms with Crippen LogP contribution in [0.15, 0.2) is 67.0 Å². The van der Waals surface area contributed by atoms with Crippen molar-refractivity contribution in [1.82, 2.24) is 14.8 Å². The van der Waals surface area contributed by atoms with Crippen molar-refractivity contribution in [2.45, 2.75) is 12.6 Å². The minimum absolute atomic E-state index is 0.0243. The predicted octanol–water partition coefficient (Wildman–Crippen LogP) is 3.84. The number of hydrogen-bond acceptors (Lipinski definition) is 6. The first-order valence-corrected chi connectivity index (χ1v) is 11.0. The number of aromatic nitrogens is 1. The Kier molecular flexibility index (Phi) is 7.10. The Balaban J connectivity index is 1.50. The Hall–Kier alpha value is -3.58. The summed E-state index contributed by atoms with van der Waals surface area (Å²) in [6.45, 7) is 2.75. The van der Waals surface area contributed by atoms with Gasteiger partial charge in [0.2, 0.25) is 0 Å². The fourth-order valence-electron chi connectivity index (χ4n) is 4.10. The SMILES string of the molecule is COc1ccc([C@H]2CN(C(=O)c3ccc(OC)c(NCc4ccncc4)c3)CCN2C)cc1. The minimum atomic E-state index is 0.0243. The van der Waals surface area contributed by atoms with Gasteiger partial charge in [-0.15, -0.1) is 0 Å². The first kappa shape index (κ1) is 22.6.